The van der Waals surface area contributed by atoms with Gasteiger partial charge in [-0.2, -0.15) is 0 Å². The number of hydrogen-bond donors (Lipinski definition) is 1. The highest BCUT2D eigenvalue weighted by atomic mass is 16.5. The molecule has 0 unspecified atom stereocenters. The lowest BCUT2D eigenvalue weighted by atomic mass is 10.0. The molecular formula is C15H21NO3. The van der Waals surface area contributed by atoms with Gasteiger partial charge >= 0.3 is 5.97 Å². The van der Waals surface area contributed by atoms with Crippen molar-refractivity contribution in [1.82, 2.24) is 0 Å². The summed E-state index contributed by atoms with van der Waals surface area (Å²) in [5.74, 6) is -0.624. The highest BCUT2D eigenvalue weighted by Crippen LogP contribution is 2.22. The minimum Gasteiger partial charge on any atom is -0.465 e. The zero-order valence-electron chi connectivity index (χ0n) is 11.8. The molecule has 0 radical (unpaired) electrons. The Kier molecular flexibility index (Phi) is 6.06. The van der Waals surface area contributed by atoms with Crippen molar-refractivity contribution in [3.8, 4) is 0 Å². The second kappa shape index (κ2) is 7.56. The quantitative estimate of drug-likeness (QED) is 0.466. The summed E-state index contributed by atoms with van der Waals surface area (Å²) in [4.78, 5) is 23.4. The Morgan fingerprint density at radius 3 is 2.58 bits per heavy atom. The van der Waals surface area contributed by atoms with Gasteiger partial charge in [0, 0.05) is 17.8 Å². The second-order valence-corrected chi connectivity index (χ2v) is 4.41. The van der Waals surface area contributed by atoms with Crippen LogP contribution in [0.25, 0.3) is 0 Å². The first kappa shape index (κ1) is 15.2. The molecule has 0 atom stereocenters. The maximum atomic E-state index is 11.8. The Morgan fingerprint density at radius 1 is 1.26 bits per heavy atom. The molecule has 1 N–H and O–H groups in total. The molecule has 104 valence electrons. The molecule has 0 amide bonds. The van der Waals surface area contributed by atoms with Gasteiger partial charge in [0.1, 0.15) is 0 Å². The first-order chi connectivity index (χ1) is 9.11. The second-order valence-electron chi connectivity index (χ2n) is 4.41. The fourth-order valence-corrected chi connectivity index (χ4v) is 1.91. The average Bonchev–Trinajstić information content (AvgIpc) is 2.42. The van der Waals surface area contributed by atoms with Crippen molar-refractivity contribution in [2.24, 2.45) is 0 Å². The third-order valence-electron chi connectivity index (χ3n) is 2.93. The number of carbonyl (C=O) groups excluding carboxylic acids is 2. The van der Waals surface area contributed by atoms with E-state index in [2.05, 4.69) is 12.2 Å². The van der Waals surface area contributed by atoms with Crippen molar-refractivity contribution in [1.29, 1.82) is 0 Å². The maximum Gasteiger partial charge on any atom is 0.340 e. The molecule has 0 aliphatic heterocycles. The number of esters is 1. The standard InChI is InChI=1S/C15H21NO3/c1-4-5-6-10-16-13-9-7-8-12(11(2)17)14(13)15(18)19-3/h7-9,16H,4-6,10H2,1-3H3. The predicted molar refractivity (Wildman–Crippen MR) is 75.8 cm³/mol. The number of unbranched alkanes of at least 4 members (excludes halogenated alkanes) is 2. The molecule has 0 aliphatic rings. The average molecular weight is 263 g/mol. The number of nitrogens with one attached hydrogen (secondary N) is 1. The van der Waals surface area contributed by atoms with Crippen molar-refractivity contribution in [2.45, 2.75) is 33.1 Å². The van der Waals surface area contributed by atoms with Crippen LogP contribution in [0.4, 0.5) is 5.69 Å². The summed E-state index contributed by atoms with van der Waals surface area (Å²) in [7, 11) is 1.32. The highest BCUT2D eigenvalue weighted by Gasteiger charge is 2.19. The Hall–Kier alpha value is -1.84. The molecule has 0 aromatic heterocycles. The summed E-state index contributed by atoms with van der Waals surface area (Å²) in [6.07, 6.45) is 3.30. The van der Waals surface area contributed by atoms with E-state index in [1.165, 1.54) is 14.0 Å². The Balaban J connectivity index is 2.98. The van der Waals surface area contributed by atoms with Crippen molar-refractivity contribution in [3.63, 3.8) is 0 Å². The zero-order valence-corrected chi connectivity index (χ0v) is 11.8. The first-order valence-electron chi connectivity index (χ1n) is 6.58. The van der Waals surface area contributed by atoms with Crippen molar-refractivity contribution in [2.75, 3.05) is 19.0 Å². The molecule has 4 nitrogen and oxygen atoms in total. The largest absolute Gasteiger partial charge is 0.465 e. The SMILES string of the molecule is CCCCCNc1cccc(C(C)=O)c1C(=O)OC. The van der Waals surface area contributed by atoms with Crippen LogP contribution in [0.2, 0.25) is 0 Å². The third-order valence-corrected chi connectivity index (χ3v) is 2.93. The summed E-state index contributed by atoms with van der Waals surface area (Å²) < 4.78 is 4.76. The number of ketones is 1. The monoisotopic (exact) mass is 263 g/mol. The number of carbonyl (C=O) groups is 2. The summed E-state index contributed by atoms with van der Waals surface area (Å²) in [5.41, 5.74) is 1.39. The number of ether oxygens (including phenoxy) is 1. The third kappa shape index (κ3) is 4.09. The number of hydrogen-bond acceptors (Lipinski definition) is 4. The van der Waals surface area contributed by atoms with Crippen molar-refractivity contribution >= 4 is 17.4 Å². The molecule has 0 spiro atoms. The Bertz CT molecular complexity index is 455. The van der Waals surface area contributed by atoms with Gasteiger partial charge in [0.25, 0.3) is 0 Å². The van der Waals surface area contributed by atoms with Gasteiger partial charge in [0.05, 0.1) is 12.7 Å². The van der Waals surface area contributed by atoms with Gasteiger partial charge in [-0.05, 0) is 19.4 Å². The fraction of sp³-hybridized carbons (Fsp3) is 0.467. The molecule has 4 heteroatoms. The van der Waals surface area contributed by atoms with Crippen LogP contribution < -0.4 is 5.32 Å². The number of anilines is 1. The van der Waals surface area contributed by atoms with Crippen LogP contribution in [0.1, 0.15) is 53.8 Å². The van der Waals surface area contributed by atoms with Gasteiger partial charge in [0.2, 0.25) is 0 Å². The Labute approximate surface area is 114 Å². The number of rotatable bonds is 7. The van der Waals surface area contributed by atoms with E-state index in [-0.39, 0.29) is 5.78 Å². The Morgan fingerprint density at radius 2 is 2.00 bits per heavy atom. The van der Waals surface area contributed by atoms with Gasteiger partial charge < -0.3 is 10.1 Å². The summed E-state index contributed by atoms with van der Waals surface area (Å²) in [5, 5.41) is 3.21. The van der Waals surface area contributed by atoms with Crippen LogP contribution in [-0.4, -0.2) is 25.4 Å². The van der Waals surface area contributed by atoms with Gasteiger partial charge in [0.15, 0.2) is 5.78 Å². The van der Waals surface area contributed by atoms with E-state index in [0.29, 0.717) is 16.8 Å². The van der Waals surface area contributed by atoms with Crippen molar-refractivity contribution < 1.29 is 14.3 Å². The van der Waals surface area contributed by atoms with E-state index >= 15 is 0 Å². The molecule has 0 aliphatic carbocycles. The minimum atomic E-state index is -0.483. The molecular weight excluding hydrogens is 242 g/mol. The van der Waals surface area contributed by atoms with Crippen LogP contribution in [0, 0.1) is 0 Å². The van der Waals surface area contributed by atoms with Crippen LogP contribution in [-0.2, 0) is 4.74 Å². The van der Waals surface area contributed by atoms with Gasteiger partial charge in [-0.25, -0.2) is 4.79 Å². The van der Waals surface area contributed by atoms with E-state index in [0.717, 1.165) is 25.8 Å². The zero-order chi connectivity index (χ0) is 14.3. The van der Waals surface area contributed by atoms with Gasteiger partial charge in [-0.1, -0.05) is 31.9 Å². The first-order valence-corrected chi connectivity index (χ1v) is 6.58. The molecule has 0 saturated heterocycles. The van der Waals surface area contributed by atoms with Crippen LogP contribution in [0.3, 0.4) is 0 Å². The lowest BCUT2D eigenvalue weighted by molar-refractivity contribution is 0.0598. The smallest absolute Gasteiger partial charge is 0.340 e. The summed E-state index contributed by atoms with van der Waals surface area (Å²) in [6.45, 7) is 4.36. The number of benzene rings is 1. The molecule has 0 fully saturated rings. The normalized spacial score (nSPS) is 10.1. The number of Topliss-reactive ketones (excluding diaryl/α,β-unsaturated/α-hetero) is 1. The highest BCUT2D eigenvalue weighted by molar-refractivity contribution is 6.08. The summed E-state index contributed by atoms with van der Waals surface area (Å²) in [6, 6.07) is 5.21. The van der Waals surface area contributed by atoms with Gasteiger partial charge in [-0.3, -0.25) is 4.79 Å². The predicted octanol–water partition coefficient (Wildman–Crippen LogP) is 3.28. The fourth-order valence-electron chi connectivity index (χ4n) is 1.91. The van der Waals surface area contributed by atoms with E-state index in [4.69, 9.17) is 4.74 Å². The van der Waals surface area contributed by atoms with Crippen LogP contribution in [0.15, 0.2) is 18.2 Å². The molecule has 1 rings (SSSR count). The molecule has 1 aromatic rings. The van der Waals surface area contributed by atoms with E-state index < -0.39 is 5.97 Å². The molecule has 0 saturated carbocycles. The lowest BCUT2D eigenvalue weighted by Gasteiger charge is -2.13. The summed E-state index contributed by atoms with van der Waals surface area (Å²) >= 11 is 0. The molecule has 19 heavy (non-hydrogen) atoms. The maximum absolute atomic E-state index is 11.8. The molecule has 1 aromatic carbocycles. The van der Waals surface area contributed by atoms with Crippen LogP contribution in [0.5, 0.6) is 0 Å². The van der Waals surface area contributed by atoms with Crippen molar-refractivity contribution in [3.05, 3.63) is 29.3 Å². The topological polar surface area (TPSA) is 55.4 Å². The van der Waals surface area contributed by atoms with E-state index in [9.17, 15) is 9.59 Å². The van der Waals surface area contributed by atoms with E-state index in [1.54, 1.807) is 18.2 Å². The molecule has 0 bridgehead atoms. The number of methoxy groups -OCH3 is 1. The minimum absolute atomic E-state index is 0.141. The molecule has 0 heterocycles. The van der Waals surface area contributed by atoms with Crippen LogP contribution >= 0.6 is 0 Å². The van der Waals surface area contributed by atoms with Gasteiger partial charge in [-0.15, -0.1) is 0 Å². The lowest BCUT2D eigenvalue weighted by Crippen LogP contribution is -2.13. The van der Waals surface area contributed by atoms with E-state index in [1.807, 2.05) is 0 Å².